The molecule has 6 heteroatoms. The minimum atomic E-state index is -0.910. The van der Waals surface area contributed by atoms with Gasteiger partial charge in [-0.05, 0) is 32.1 Å². The molecule has 2 N–H and O–H groups in total. The molecule has 0 aromatic carbocycles. The molecule has 3 rings (SSSR count). The van der Waals surface area contributed by atoms with Crippen molar-refractivity contribution in [2.45, 2.75) is 20.3 Å². The fourth-order valence-electron chi connectivity index (χ4n) is 3.24. The lowest BCUT2D eigenvalue weighted by Crippen LogP contribution is -2.36. The number of rotatable bonds is 3. The Bertz CT molecular complexity index is 604. The zero-order valence-electron chi connectivity index (χ0n) is 11.3. The van der Waals surface area contributed by atoms with Crippen LogP contribution >= 0.6 is 0 Å². The predicted octanol–water partition coefficient (Wildman–Crippen LogP) is 1.75. The molecule has 2 bridgehead atoms. The van der Waals surface area contributed by atoms with Crippen LogP contribution in [0, 0.1) is 37.5 Å². The molecule has 2 aliphatic carbocycles. The van der Waals surface area contributed by atoms with E-state index in [0.717, 1.165) is 12.0 Å². The summed E-state index contributed by atoms with van der Waals surface area (Å²) >= 11 is 0. The smallest absolute Gasteiger partial charge is 0.307 e. The number of aliphatic carboxylic acids is 1. The fraction of sp³-hybridized carbons (Fsp3) is 0.500. The first-order valence-corrected chi connectivity index (χ1v) is 6.64. The van der Waals surface area contributed by atoms with Gasteiger partial charge in [0, 0.05) is 5.56 Å². The normalized spacial score (nSPS) is 30.7. The summed E-state index contributed by atoms with van der Waals surface area (Å²) in [7, 11) is 0. The van der Waals surface area contributed by atoms with E-state index in [1.165, 1.54) is 0 Å². The minimum Gasteiger partial charge on any atom is -0.481 e. The van der Waals surface area contributed by atoms with E-state index in [9.17, 15) is 14.7 Å². The number of carbonyl (C=O) groups excluding carboxylic acids is 1. The molecular weight excluding hydrogens is 260 g/mol. The fourth-order valence-corrected chi connectivity index (χ4v) is 3.24. The number of fused-ring (bicyclic) bond motifs is 2. The number of anilines is 1. The van der Waals surface area contributed by atoms with Crippen molar-refractivity contribution in [3.8, 4) is 0 Å². The van der Waals surface area contributed by atoms with E-state index in [-0.39, 0.29) is 17.7 Å². The van der Waals surface area contributed by atoms with Crippen LogP contribution in [-0.2, 0) is 9.59 Å². The molecular formula is C14H16N2O4. The van der Waals surface area contributed by atoms with E-state index in [1.807, 2.05) is 12.2 Å². The molecule has 1 saturated carbocycles. The Labute approximate surface area is 115 Å². The van der Waals surface area contributed by atoms with Crippen molar-refractivity contribution < 1.29 is 19.2 Å². The molecule has 0 radical (unpaired) electrons. The maximum absolute atomic E-state index is 12.4. The zero-order valence-corrected chi connectivity index (χ0v) is 11.3. The predicted molar refractivity (Wildman–Crippen MR) is 70.0 cm³/mol. The van der Waals surface area contributed by atoms with Gasteiger partial charge in [0.25, 0.3) is 0 Å². The molecule has 1 aromatic rings. The van der Waals surface area contributed by atoms with Gasteiger partial charge in [-0.25, -0.2) is 0 Å². The van der Waals surface area contributed by atoms with Gasteiger partial charge in [-0.1, -0.05) is 17.3 Å². The molecule has 2 aliphatic rings. The van der Waals surface area contributed by atoms with Gasteiger partial charge < -0.3 is 9.63 Å². The van der Waals surface area contributed by atoms with Crippen molar-refractivity contribution in [3.05, 3.63) is 23.4 Å². The van der Waals surface area contributed by atoms with E-state index in [1.54, 1.807) is 13.8 Å². The first-order chi connectivity index (χ1) is 9.49. The van der Waals surface area contributed by atoms with Crippen LogP contribution in [0.5, 0.6) is 0 Å². The summed E-state index contributed by atoms with van der Waals surface area (Å²) in [4.78, 5) is 23.8. The number of hydrogen-bond donors (Lipinski definition) is 2. The van der Waals surface area contributed by atoms with Crippen LogP contribution in [-0.4, -0.2) is 22.1 Å². The zero-order chi connectivity index (χ0) is 14.4. The van der Waals surface area contributed by atoms with Gasteiger partial charge in [-0.3, -0.25) is 14.9 Å². The van der Waals surface area contributed by atoms with Crippen LogP contribution in [0.25, 0.3) is 0 Å². The van der Waals surface area contributed by atoms with Crippen LogP contribution in [0.15, 0.2) is 16.7 Å². The van der Waals surface area contributed by atoms with E-state index in [2.05, 4.69) is 10.5 Å². The molecule has 106 valence electrons. The maximum atomic E-state index is 12.4. The third-order valence-corrected chi connectivity index (χ3v) is 4.44. The summed E-state index contributed by atoms with van der Waals surface area (Å²) < 4.78 is 5.05. The van der Waals surface area contributed by atoms with Gasteiger partial charge in [0.1, 0.15) is 0 Å². The second kappa shape index (κ2) is 4.47. The van der Waals surface area contributed by atoms with Crippen molar-refractivity contribution in [3.63, 3.8) is 0 Å². The van der Waals surface area contributed by atoms with Gasteiger partial charge in [-0.2, -0.15) is 0 Å². The standard InChI is InChI=1S/C14H16N2O4/c1-6-7(2)16-20-13(6)15-12(17)10-8-3-4-9(5-8)11(10)14(18)19/h3-4,8-11H,5H2,1-2H3,(H,15,17)(H,18,19). The maximum Gasteiger partial charge on any atom is 0.307 e. The summed E-state index contributed by atoms with van der Waals surface area (Å²) in [6.07, 6.45) is 4.60. The number of amides is 1. The monoisotopic (exact) mass is 276 g/mol. The molecule has 0 aliphatic heterocycles. The van der Waals surface area contributed by atoms with Gasteiger partial charge >= 0.3 is 5.97 Å². The molecule has 0 saturated heterocycles. The summed E-state index contributed by atoms with van der Waals surface area (Å²) in [5, 5.41) is 15.8. The number of hydrogen-bond acceptors (Lipinski definition) is 4. The van der Waals surface area contributed by atoms with Crippen molar-refractivity contribution in [2.75, 3.05) is 5.32 Å². The third kappa shape index (κ3) is 1.83. The third-order valence-electron chi connectivity index (χ3n) is 4.44. The number of carbonyl (C=O) groups is 2. The van der Waals surface area contributed by atoms with Gasteiger partial charge in [0.05, 0.1) is 17.5 Å². The lowest BCUT2D eigenvalue weighted by atomic mass is 9.82. The number of aryl methyl sites for hydroxylation is 1. The lowest BCUT2D eigenvalue weighted by molar-refractivity contribution is -0.146. The second-order valence-corrected chi connectivity index (χ2v) is 5.55. The van der Waals surface area contributed by atoms with Crippen molar-refractivity contribution in [1.82, 2.24) is 5.16 Å². The topological polar surface area (TPSA) is 92.4 Å². The van der Waals surface area contributed by atoms with E-state index < -0.39 is 17.8 Å². The Balaban J connectivity index is 1.82. The Morgan fingerprint density at radius 1 is 1.30 bits per heavy atom. The summed E-state index contributed by atoms with van der Waals surface area (Å²) in [5.74, 6) is -2.11. The molecule has 1 amide bonds. The molecule has 0 spiro atoms. The summed E-state index contributed by atoms with van der Waals surface area (Å²) in [5.41, 5.74) is 1.48. The molecule has 4 atom stereocenters. The summed E-state index contributed by atoms with van der Waals surface area (Å²) in [6.45, 7) is 3.59. The molecule has 1 aromatic heterocycles. The van der Waals surface area contributed by atoms with Crippen LogP contribution in [0.1, 0.15) is 17.7 Å². The lowest BCUT2D eigenvalue weighted by Gasteiger charge is -2.23. The SMILES string of the molecule is Cc1noc(NC(=O)C2C3C=CC(C3)C2C(=O)O)c1C. The van der Waals surface area contributed by atoms with Gasteiger partial charge in [-0.15, -0.1) is 0 Å². The molecule has 1 heterocycles. The van der Waals surface area contributed by atoms with Crippen LogP contribution in [0.3, 0.4) is 0 Å². The van der Waals surface area contributed by atoms with Crippen LogP contribution in [0.4, 0.5) is 5.88 Å². The number of nitrogens with one attached hydrogen (secondary N) is 1. The van der Waals surface area contributed by atoms with Crippen LogP contribution in [0.2, 0.25) is 0 Å². The highest BCUT2D eigenvalue weighted by Crippen LogP contribution is 2.48. The second-order valence-electron chi connectivity index (χ2n) is 5.55. The van der Waals surface area contributed by atoms with Crippen molar-refractivity contribution in [1.29, 1.82) is 0 Å². The number of nitrogens with zero attached hydrogens (tertiary/aromatic N) is 1. The van der Waals surface area contributed by atoms with Crippen molar-refractivity contribution >= 4 is 17.8 Å². The number of carboxylic acids is 1. The first-order valence-electron chi connectivity index (χ1n) is 6.64. The highest BCUT2D eigenvalue weighted by Gasteiger charge is 2.51. The number of carboxylic acid groups (broad SMARTS) is 1. The minimum absolute atomic E-state index is 0.00502. The quantitative estimate of drug-likeness (QED) is 0.820. The van der Waals surface area contributed by atoms with E-state index in [4.69, 9.17) is 4.52 Å². The van der Waals surface area contributed by atoms with Crippen LogP contribution < -0.4 is 5.32 Å². The largest absolute Gasteiger partial charge is 0.481 e. The van der Waals surface area contributed by atoms with Gasteiger partial charge in [0.2, 0.25) is 11.8 Å². The Morgan fingerprint density at radius 2 is 1.95 bits per heavy atom. The Morgan fingerprint density at radius 3 is 2.50 bits per heavy atom. The van der Waals surface area contributed by atoms with E-state index in [0.29, 0.717) is 11.6 Å². The Kier molecular flexibility index (Phi) is 2.88. The number of aromatic nitrogens is 1. The highest BCUT2D eigenvalue weighted by atomic mass is 16.5. The molecule has 1 fully saturated rings. The van der Waals surface area contributed by atoms with Crippen molar-refractivity contribution in [2.24, 2.45) is 23.7 Å². The molecule has 6 nitrogen and oxygen atoms in total. The van der Waals surface area contributed by atoms with E-state index >= 15 is 0 Å². The van der Waals surface area contributed by atoms with Gasteiger partial charge in [0.15, 0.2) is 0 Å². The first kappa shape index (κ1) is 12.9. The summed E-state index contributed by atoms with van der Waals surface area (Å²) in [6, 6.07) is 0. The highest BCUT2D eigenvalue weighted by molar-refractivity contribution is 5.95. The average Bonchev–Trinajstić information content (AvgIpc) is 3.08. The Hall–Kier alpha value is -2.11. The molecule has 4 unspecified atom stereocenters. The number of allylic oxidation sites excluding steroid dienone is 2. The average molecular weight is 276 g/mol. The molecule has 20 heavy (non-hydrogen) atoms.